The van der Waals surface area contributed by atoms with Crippen molar-refractivity contribution < 1.29 is 5.11 Å². The van der Waals surface area contributed by atoms with E-state index in [1.165, 1.54) is 30.5 Å². The van der Waals surface area contributed by atoms with Crippen LogP contribution in [0.1, 0.15) is 38.7 Å². The molecule has 0 spiro atoms. The van der Waals surface area contributed by atoms with Gasteiger partial charge in [-0.2, -0.15) is 0 Å². The third-order valence-corrected chi connectivity index (χ3v) is 4.03. The zero-order valence-corrected chi connectivity index (χ0v) is 12.8. The predicted molar refractivity (Wildman–Crippen MR) is 85.1 cm³/mol. The Balaban J connectivity index is 2.07. The summed E-state index contributed by atoms with van der Waals surface area (Å²) in [6.07, 6.45) is 3.84. The molecule has 0 bridgehead atoms. The Labute approximate surface area is 123 Å². The first-order valence-electron chi connectivity index (χ1n) is 7.88. The molecule has 0 atom stereocenters. The van der Waals surface area contributed by atoms with E-state index in [2.05, 4.69) is 48.3 Å². The largest absolute Gasteiger partial charge is 0.395 e. The lowest BCUT2D eigenvalue weighted by Gasteiger charge is -2.40. The van der Waals surface area contributed by atoms with Crippen molar-refractivity contribution in [1.82, 2.24) is 5.32 Å². The molecule has 0 radical (unpaired) electrons. The van der Waals surface area contributed by atoms with Crippen LogP contribution in [-0.4, -0.2) is 30.8 Å². The fraction of sp³-hybridized carbons (Fsp3) is 0.647. The first-order valence-corrected chi connectivity index (χ1v) is 7.88. The molecule has 2 rings (SSSR count). The maximum absolute atomic E-state index is 9.35. The summed E-state index contributed by atoms with van der Waals surface area (Å²) < 4.78 is 0. The molecule has 0 heterocycles. The van der Waals surface area contributed by atoms with Crippen molar-refractivity contribution in [3.63, 3.8) is 0 Å². The normalized spacial score (nSPS) is 15.4. The van der Waals surface area contributed by atoms with Crippen molar-refractivity contribution in [2.75, 3.05) is 24.6 Å². The molecule has 2 N–H and O–H groups in total. The van der Waals surface area contributed by atoms with Crippen molar-refractivity contribution in [2.24, 2.45) is 5.92 Å². The summed E-state index contributed by atoms with van der Waals surface area (Å²) in [6.45, 7) is 7.37. The van der Waals surface area contributed by atoms with Crippen LogP contribution < -0.4 is 10.2 Å². The maximum atomic E-state index is 9.35. The number of aliphatic hydroxyl groups excluding tert-OH is 1. The van der Waals surface area contributed by atoms with E-state index in [1.54, 1.807) is 0 Å². The number of hydrogen-bond acceptors (Lipinski definition) is 3. The lowest BCUT2D eigenvalue weighted by Crippen LogP contribution is -2.42. The van der Waals surface area contributed by atoms with Crippen molar-refractivity contribution in [3.05, 3.63) is 29.8 Å². The van der Waals surface area contributed by atoms with Gasteiger partial charge in [0.25, 0.3) is 0 Å². The molecule has 1 aliphatic carbocycles. The summed E-state index contributed by atoms with van der Waals surface area (Å²) in [5.74, 6) is 0.669. The summed E-state index contributed by atoms with van der Waals surface area (Å²) >= 11 is 0. The minimum atomic E-state index is 0.226. The highest BCUT2D eigenvalue weighted by molar-refractivity contribution is 5.54. The van der Waals surface area contributed by atoms with Crippen molar-refractivity contribution >= 4 is 5.69 Å². The van der Waals surface area contributed by atoms with Gasteiger partial charge in [-0.05, 0) is 43.4 Å². The van der Waals surface area contributed by atoms with Gasteiger partial charge in [0, 0.05) is 24.8 Å². The first kappa shape index (κ1) is 15.3. The molecule has 1 saturated carbocycles. The van der Waals surface area contributed by atoms with Gasteiger partial charge < -0.3 is 15.3 Å². The van der Waals surface area contributed by atoms with E-state index >= 15 is 0 Å². The fourth-order valence-electron chi connectivity index (χ4n) is 2.74. The lowest BCUT2D eigenvalue weighted by atomic mass is 9.90. The van der Waals surface area contributed by atoms with E-state index in [1.807, 2.05) is 0 Å². The third kappa shape index (κ3) is 3.97. The van der Waals surface area contributed by atoms with E-state index in [-0.39, 0.29) is 6.61 Å². The number of hydrogen-bond donors (Lipinski definition) is 2. The Morgan fingerprint density at radius 3 is 2.65 bits per heavy atom. The summed E-state index contributed by atoms with van der Waals surface area (Å²) in [4.78, 5) is 2.40. The van der Waals surface area contributed by atoms with Gasteiger partial charge >= 0.3 is 0 Å². The van der Waals surface area contributed by atoms with Gasteiger partial charge in [-0.25, -0.2) is 0 Å². The second-order valence-corrected chi connectivity index (χ2v) is 6.16. The smallest absolute Gasteiger partial charge is 0.0606 e. The SMILES string of the molecule is CC(C)CNCc1ccccc1N(CCO)C1CCC1. The van der Waals surface area contributed by atoms with E-state index in [0.29, 0.717) is 12.0 Å². The van der Waals surface area contributed by atoms with E-state index in [4.69, 9.17) is 0 Å². The van der Waals surface area contributed by atoms with Crippen LogP contribution in [0, 0.1) is 5.92 Å². The Morgan fingerprint density at radius 1 is 1.30 bits per heavy atom. The van der Waals surface area contributed by atoms with Gasteiger partial charge in [-0.1, -0.05) is 32.0 Å². The highest BCUT2D eigenvalue weighted by atomic mass is 16.3. The molecule has 0 amide bonds. The van der Waals surface area contributed by atoms with Gasteiger partial charge in [-0.15, -0.1) is 0 Å². The van der Waals surface area contributed by atoms with Crippen molar-refractivity contribution in [3.8, 4) is 0 Å². The predicted octanol–water partition coefficient (Wildman–Crippen LogP) is 2.78. The summed E-state index contributed by atoms with van der Waals surface area (Å²) in [7, 11) is 0. The second-order valence-electron chi connectivity index (χ2n) is 6.16. The maximum Gasteiger partial charge on any atom is 0.0606 e. The van der Waals surface area contributed by atoms with Crippen LogP contribution in [0.4, 0.5) is 5.69 Å². The Kier molecular flexibility index (Phi) is 5.86. The zero-order valence-electron chi connectivity index (χ0n) is 12.8. The molecular formula is C17H28N2O. The first-order chi connectivity index (χ1) is 9.72. The molecule has 3 nitrogen and oxygen atoms in total. The zero-order chi connectivity index (χ0) is 14.4. The van der Waals surface area contributed by atoms with Gasteiger partial charge in [0.2, 0.25) is 0 Å². The summed E-state index contributed by atoms with van der Waals surface area (Å²) in [5, 5.41) is 12.9. The van der Waals surface area contributed by atoms with Crippen LogP contribution in [-0.2, 0) is 6.54 Å². The molecular weight excluding hydrogens is 248 g/mol. The van der Waals surface area contributed by atoms with Crippen LogP contribution >= 0.6 is 0 Å². The lowest BCUT2D eigenvalue weighted by molar-refractivity contribution is 0.283. The average Bonchev–Trinajstić information content (AvgIpc) is 2.36. The highest BCUT2D eigenvalue weighted by Gasteiger charge is 2.25. The number of para-hydroxylation sites is 1. The van der Waals surface area contributed by atoms with Crippen molar-refractivity contribution in [2.45, 2.75) is 45.7 Å². The summed E-state index contributed by atoms with van der Waals surface area (Å²) in [6, 6.07) is 9.22. The van der Waals surface area contributed by atoms with Crippen molar-refractivity contribution in [1.29, 1.82) is 0 Å². The number of nitrogens with zero attached hydrogens (tertiary/aromatic N) is 1. The fourth-order valence-corrected chi connectivity index (χ4v) is 2.74. The molecule has 0 aromatic heterocycles. The average molecular weight is 276 g/mol. The Morgan fingerprint density at radius 2 is 2.05 bits per heavy atom. The van der Waals surface area contributed by atoms with Gasteiger partial charge in [-0.3, -0.25) is 0 Å². The van der Waals surface area contributed by atoms with Gasteiger partial charge in [0.15, 0.2) is 0 Å². The van der Waals surface area contributed by atoms with E-state index < -0.39 is 0 Å². The number of rotatable bonds is 8. The summed E-state index contributed by atoms with van der Waals surface area (Å²) in [5.41, 5.74) is 2.64. The highest BCUT2D eigenvalue weighted by Crippen LogP contribution is 2.31. The van der Waals surface area contributed by atoms with Crippen LogP contribution in [0.5, 0.6) is 0 Å². The standard InChI is InChI=1S/C17H28N2O/c1-14(2)12-18-13-15-6-3-4-9-17(15)19(10-11-20)16-7-5-8-16/h3-4,6,9,14,16,18,20H,5,7-8,10-13H2,1-2H3. The molecule has 1 aromatic rings. The van der Waals surface area contributed by atoms with Gasteiger partial charge in [0.1, 0.15) is 0 Å². The molecule has 1 aromatic carbocycles. The molecule has 0 aliphatic heterocycles. The van der Waals surface area contributed by atoms with Gasteiger partial charge in [0.05, 0.1) is 6.61 Å². The Bertz CT molecular complexity index is 402. The van der Waals surface area contributed by atoms with Crippen LogP contribution in [0.3, 0.4) is 0 Å². The molecule has 1 aliphatic rings. The minimum absolute atomic E-state index is 0.226. The number of aliphatic hydroxyl groups is 1. The quantitative estimate of drug-likeness (QED) is 0.766. The number of benzene rings is 1. The minimum Gasteiger partial charge on any atom is -0.395 e. The van der Waals surface area contributed by atoms with Crippen LogP contribution in [0.2, 0.25) is 0 Å². The Hall–Kier alpha value is -1.06. The molecule has 0 unspecified atom stereocenters. The van der Waals surface area contributed by atoms with E-state index in [0.717, 1.165) is 19.6 Å². The van der Waals surface area contributed by atoms with Crippen LogP contribution in [0.25, 0.3) is 0 Å². The second kappa shape index (κ2) is 7.65. The topological polar surface area (TPSA) is 35.5 Å². The third-order valence-electron chi connectivity index (χ3n) is 4.03. The monoisotopic (exact) mass is 276 g/mol. The molecule has 112 valence electrons. The van der Waals surface area contributed by atoms with Crippen LogP contribution in [0.15, 0.2) is 24.3 Å². The number of nitrogens with one attached hydrogen (secondary N) is 1. The number of anilines is 1. The molecule has 20 heavy (non-hydrogen) atoms. The molecule has 1 fully saturated rings. The van der Waals surface area contributed by atoms with E-state index in [9.17, 15) is 5.11 Å². The molecule has 3 heteroatoms. The molecule has 0 saturated heterocycles.